The molecule has 0 aliphatic heterocycles. The molecule has 1 aromatic carbocycles. The van der Waals surface area contributed by atoms with Gasteiger partial charge in [-0.1, -0.05) is 19.3 Å². The SMILES string of the molecule is CCOc1cc(/C=N/NC(=S)NC2CCCCC2)ccc1OC. The monoisotopic (exact) mass is 335 g/mol. The van der Waals surface area contributed by atoms with E-state index in [4.69, 9.17) is 21.7 Å². The van der Waals surface area contributed by atoms with Gasteiger partial charge in [0.05, 0.1) is 19.9 Å². The average molecular weight is 335 g/mol. The zero-order chi connectivity index (χ0) is 16.5. The Hall–Kier alpha value is -1.82. The first-order valence-electron chi connectivity index (χ1n) is 8.13. The fourth-order valence-corrected chi connectivity index (χ4v) is 2.89. The Morgan fingerprint density at radius 3 is 2.78 bits per heavy atom. The molecule has 1 aliphatic carbocycles. The molecule has 2 N–H and O–H groups in total. The first-order chi connectivity index (χ1) is 11.2. The number of ether oxygens (including phenoxy) is 2. The van der Waals surface area contributed by atoms with Gasteiger partial charge in [0.15, 0.2) is 16.6 Å². The molecule has 0 unspecified atom stereocenters. The van der Waals surface area contributed by atoms with Crippen LogP contribution in [-0.2, 0) is 0 Å². The zero-order valence-corrected chi connectivity index (χ0v) is 14.6. The maximum Gasteiger partial charge on any atom is 0.187 e. The molecule has 0 heterocycles. The molecule has 1 saturated carbocycles. The fraction of sp³-hybridized carbons (Fsp3) is 0.529. The summed E-state index contributed by atoms with van der Waals surface area (Å²) in [5.74, 6) is 1.42. The van der Waals surface area contributed by atoms with E-state index in [0.717, 1.165) is 5.56 Å². The van der Waals surface area contributed by atoms with Gasteiger partial charge in [0.2, 0.25) is 0 Å². The highest BCUT2D eigenvalue weighted by molar-refractivity contribution is 7.80. The Labute approximate surface area is 143 Å². The number of nitrogens with one attached hydrogen (secondary N) is 2. The molecular formula is C17H25N3O2S. The second-order valence-corrected chi connectivity index (χ2v) is 5.93. The number of hydrazone groups is 1. The van der Waals surface area contributed by atoms with Crippen molar-refractivity contribution < 1.29 is 9.47 Å². The predicted molar refractivity (Wildman–Crippen MR) is 97.5 cm³/mol. The smallest absolute Gasteiger partial charge is 0.187 e. The Kier molecular flexibility index (Phi) is 7.13. The van der Waals surface area contributed by atoms with Gasteiger partial charge in [-0.25, -0.2) is 0 Å². The van der Waals surface area contributed by atoms with Crippen molar-refractivity contribution >= 4 is 23.5 Å². The maximum absolute atomic E-state index is 5.55. The highest BCUT2D eigenvalue weighted by atomic mass is 32.1. The van der Waals surface area contributed by atoms with Gasteiger partial charge in [0.1, 0.15) is 0 Å². The van der Waals surface area contributed by atoms with Crippen LogP contribution in [0.3, 0.4) is 0 Å². The van der Waals surface area contributed by atoms with Crippen molar-refractivity contribution in [1.29, 1.82) is 0 Å². The second-order valence-electron chi connectivity index (χ2n) is 5.52. The lowest BCUT2D eigenvalue weighted by Gasteiger charge is -2.23. The van der Waals surface area contributed by atoms with Gasteiger partial charge in [-0.15, -0.1) is 0 Å². The fourth-order valence-electron chi connectivity index (χ4n) is 2.67. The molecule has 0 amide bonds. The minimum absolute atomic E-state index is 0.476. The lowest BCUT2D eigenvalue weighted by Crippen LogP contribution is -2.40. The summed E-state index contributed by atoms with van der Waals surface area (Å²) in [5.41, 5.74) is 3.79. The maximum atomic E-state index is 5.55. The van der Waals surface area contributed by atoms with Crippen LogP contribution in [0.2, 0.25) is 0 Å². The van der Waals surface area contributed by atoms with Gasteiger partial charge < -0.3 is 14.8 Å². The van der Waals surface area contributed by atoms with E-state index in [-0.39, 0.29) is 0 Å². The molecule has 2 rings (SSSR count). The second kappa shape index (κ2) is 9.35. The Balaban J connectivity index is 1.86. The molecule has 0 atom stereocenters. The number of rotatable bonds is 6. The third kappa shape index (κ3) is 5.71. The average Bonchev–Trinajstić information content (AvgIpc) is 2.56. The van der Waals surface area contributed by atoms with Crippen LogP contribution in [0.25, 0.3) is 0 Å². The zero-order valence-electron chi connectivity index (χ0n) is 13.8. The Bertz CT molecular complexity index is 543. The van der Waals surface area contributed by atoms with Crippen LogP contribution in [0.1, 0.15) is 44.6 Å². The van der Waals surface area contributed by atoms with Gasteiger partial charge in [0.25, 0.3) is 0 Å². The number of hydrogen-bond acceptors (Lipinski definition) is 4. The van der Waals surface area contributed by atoms with Crippen molar-refractivity contribution in [2.75, 3.05) is 13.7 Å². The molecule has 0 bridgehead atoms. The van der Waals surface area contributed by atoms with Crippen molar-refractivity contribution in [2.24, 2.45) is 5.10 Å². The van der Waals surface area contributed by atoms with Crippen molar-refractivity contribution in [2.45, 2.75) is 45.1 Å². The van der Waals surface area contributed by atoms with E-state index in [1.807, 2.05) is 25.1 Å². The van der Waals surface area contributed by atoms with Crippen LogP contribution < -0.4 is 20.2 Å². The summed E-state index contributed by atoms with van der Waals surface area (Å²) in [7, 11) is 1.63. The lowest BCUT2D eigenvalue weighted by molar-refractivity contribution is 0.311. The highest BCUT2D eigenvalue weighted by Gasteiger charge is 2.13. The van der Waals surface area contributed by atoms with Crippen LogP contribution in [0.15, 0.2) is 23.3 Å². The number of thiocarbonyl (C=S) groups is 1. The van der Waals surface area contributed by atoms with E-state index in [2.05, 4.69) is 15.8 Å². The molecule has 1 aliphatic rings. The normalized spacial score (nSPS) is 15.4. The first kappa shape index (κ1) is 17.5. The Morgan fingerprint density at radius 1 is 1.30 bits per heavy atom. The van der Waals surface area contributed by atoms with Crippen LogP contribution in [0, 0.1) is 0 Å². The molecule has 0 radical (unpaired) electrons. The molecule has 1 aromatic rings. The summed E-state index contributed by atoms with van der Waals surface area (Å²) < 4.78 is 10.8. The van der Waals surface area contributed by atoms with Gasteiger partial charge in [-0.3, -0.25) is 5.43 Å². The van der Waals surface area contributed by atoms with Gasteiger partial charge >= 0.3 is 0 Å². The molecule has 0 aromatic heterocycles. The molecular weight excluding hydrogens is 310 g/mol. The standard InChI is InChI=1S/C17H25N3O2S/c1-3-22-16-11-13(9-10-15(16)21-2)12-18-20-17(23)19-14-7-5-4-6-8-14/h9-12,14H,3-8H2,1-2H3,(H2,19,20,23)/b18-12+. The van der Waals surface area contributed by atoms with E-state index < -0.39 is 0 Å². The van der Waals surface area contributed by atoms with Crippen LogP contribution >= 0.6 is 12.2 Å². The quantitative estimate of drug-likeness (QED) is 0.475. The first-order valence-corrected chi connectivity index (χ1v) is 8.54. The number of hydrogen-bond donors (Lipinski definition) is 2. The number of nitrogens with zero attached hydrogens (tertiary/aromatic N) is 1. The third-order valence-electron chi connectivity index (χ3n) is 3.81. The van der Waals surface area contributed by atoms with E-state index in [1.165, 1.54) is 32.1 Å². The summed E-state index contributed by atoms with van der Waals surface area (Å²) in [4.78, 5) is 0. The third-order valence-corrected chi connectivity index (χ3v) is 4.02. The van der Waals surface area contributed by atoms with Crippen molar-refractivity contribution in [3.8, 4) is 11.5 Å². The van der Waals surface area contributed by atoms with Gasteiger partial charge in [0, 0.05) is 6.04 Å². The molecule has 5 nitrogen and oxygen atoms in total. The minimum Gasteiger partial charge on any atom is -0.493 e. The van der Waals surface area contributed by atoms with E-state index in [0.29, 0.717) is 29.3 Å². The molecule has 0 saturated heterocycles. The van der Waals surface area contributed by atoms with E-state index in [1.54, 1.807) is 13.3 Å². The molecule has 1 fully saturated rings. The lowest BCUT2D eigenvalue weighted by atomic mass is 9.96. The van der Waals surface area contributed by atoms with E-state index >= 15 is 0 Å². The van der Waals surface area contributed by atoms with Gasteiger partial charge in [-0.2, -0.15) is 5.10 Å². The molecule has 6 heteroatoms. The Morgan fingerprint density at radius 2 is 2.09 bits per heavy atom. The number of methoxy groups -OCH3 is 1. The largest absolute Gasteiger partial charge is 0.493 e. The summed E-state index contributed by atoms with van der Waals surface area (Å²) >= 11 is 5.28. The van der Waals surface area contributed by atoms with Crippen LogP contribution in [0.4, 0.5) is 0 Å². The highest BCUT2D eigenvalue weighted by Crippen LogP contribution is 2.27. The van der Waals surface area contributed by atoms with Crippen LogP contribution in [0.5, 0.6) is 11.5 Å². The summed E-state index contributed by atoms with van der Waals surface area (Å²) in [5, 5.41) is 8.08. The molecule has 23 heavy (non-hydrogen) atoms. The van der Waals surface area contributed by atoms with Crippen molar-refractivity contribution in [3.05, 3.63) is 23.8 Å². The van der Waals surface area contributed by atoms with E-state index in [9.17, 15) is 0 Å². The summed E-state index contributed by atoms with van der Waals surface area (Å²) in [6.07, 6.45) is 7.96. The molecule has 126 valence electrons. The predicted octanol–water partition coefficient (Wildman–Crippen LogP) is 3.22. The van der Waals surface area contributed by atoms with Crippen LogP contribution in [-0.4, -0.2) is 31.1 Å². The minimum atomic E-state index is 0.476. The van der Waals surface area contributed by atoms with Crippen molar-refractivity contribution in [1.82, 2.24) is 10.7 Å². The topological polar surface area (TPSA) is 54.9 Å². The number of benzene rings is 1. The summed E-state index contributed by atoms with van der Waals surface area (Å²) in [6.45, 7) is 2.53. The van der Waals surface area contributed by atoms with Crippen molar-refractivity contribution in [3.63, 3.8) is 0 Å². The van der Waals surface area contributed by atoms with Gasteiger partial charge in [-0.05, 0) is 55.7 Å². The molecule has 0 spiro atoms. The summed E-state index contributed by atoms with van der Waals surface area (Å²) in [6, 6.07) is 6.16.